The molecule has 2 atom stereocenters. The molecule has 2 aromatic heterocycles. The monoisotopic (exact) mass is 587 g/mol. The van der Waals surface area contributed by atoms with E-state index in [0.29, 0.717) is 17.7 Å². The van der Waals surface area contributed by atoms with Crippen LogP contribution in [0.4, 0.5) is 5.69 Å². The molecule has 1 unspecified atom stereocenters. The second kappa shape index (κ2) is 12.6. The number of aromatic nitrogens is 2. The van der Waals surface area contributed by atoms with Gasteiger partial charge in [0.2, 0.25) is 11.1 Å². The number of aromatic hydroxyl groups is 1. The van der Waals surface area contributed by atoms with Crippen molar-refractivity contribution in [3.05, 3.63) is 70.0 Å². The molecule has 1 aliphatic carbocycles. The van der Waals surface area contributed by atoms with Gasteiger partial charge in [-0.2, -0.15) is 8.42 Å². The predicted molar refractivity (Wildman–Crippen MR) is 148 cm³/mol. The first-order valence-corrected chi connectivity index (χ1v) is 14.7. The normalized spacial score (nSPS) is 14.8. The average molecular weight is 588 g/mol. The number of carbonyl (C=O) groups is 2. The van der Waals surface area contributed by atoms with Crippen LogP contribution >= 0.6 is 0 Å². The number of benzene rings is 1. The number of carbonyl (C=O) groups excluding carboxylic acids is 1. The van der Waals surface area contributed by atoms with Gasteiger partial charge in [-0.15, -0.1) is 0 Å². The molecule has 1 aromatic carbocycles. The molecule has 1 aliphatic rings. The predicted octanol–water partition coefficient (Wildman–Crippen LogP) is 1.66. The number of hydrogen-bond acceptors (Lipinski definition) is 9. The molecule has 14 heteroatoms. The van der Waals surface area contributed by atoms with Crippen molar-refractivity contribution in [3.8, 4) is 5.75 Å². The summed E-state index contributed by atoms with van der Waals surface area (Å²) in [6.45, 7) is 0.220. The fraction of sp³-hybridized carbons (Fsp3) is 0.407. The Morgan fingerprint density at radius 2 is 2.02 bits per heavy atom. The molecule has 2 heterocycles. The Morgan fingerprint density at radius 3 is 2.66 bits per heavy atom. The van der Waals surface area contributed by atoms with Crippen LogP contribution in [-0.2, 0) is 33.1 Å². The largest absolute Gasteiger partial charge is 0.507 e. The average Bonchev–Trinajstić information content (AvgIpc) is 3.64. The number of nitrogens with two attached hydrogens (primary N) is 1. The van der Waals surface area contributed by atoms with Crippen LogP contribution < -0.4 is 21.4 Å². The summed E-state index contributed by atoms with van der Waals surface area (Å²) in [7, 11) is -2.37. The number of nitrogens with zero attached hydrogens (tertiary/aromatic N) is 2. The van der Waals surface area contributed by atoms with E-state index in [2.05, 4.69) is 15.0 Å². The maximum absolute atomic E-state index is 13.1. The van der Waals surface area contributed by atoms with E-state index in [1.165, 1.54) is 23.0 Å². The third kappa shape index (κ3) is 7.52. The summed E-state index contributed by atoms with van der Waals surface area (Å²) in [4.78, 5) is 39.6. The maximum Gasteiger partial charge on any atom is 0.343 e. The minimum Gasteiger partial charge on any atom is -0.507 e. The minimum atomic E-state index is -3.95. The molecule has 220 valence electrons. The lowest BCUT2D eigenvalue weighted by atomic mass is 9.87. The molecule has 41 heavy (non-hydrogen) atoms. The second-order valence-electron chi connectivity index (χ2n) is 10.1. The fourth-order valence-electron chi connectivity index (χ4n) is 4.67. The summed E-state index contributed by atoms with van der Waals surface area (Å²) in [6.07, 6.45) is 5.04. The van der Waals surface area contributed by atoms with E-state index in [9.17, 15) is 27.9 Å². The summed E-state index contributed by atoms with van der Waals surface area (Å²) >= 11 is 0. The third-order valence-corrected chi connectivity index (χ3v) is 8.22. The highest BCUT2D eigenvalue weighted by molar-refractivity contribution is 7.92. The zero-order valence-electron chi connectivity index (χ0n) is 22.4. The van der Waals surface area contributed by atoms with Gasteiger partial charge >= 0.3 is 11.6 Å². The van der Waals surface area contributed by atoms with Gasteiger partial charge in [-0.1, -0.05) is 12.1 Å². The van der Waals surface area contributed by atoms with Gasteiger partial charge in [0.1, 0.15) is 11.5 Å². The van der Waals surface area contributed by atoms with Gasteiger partial charge in [-0.25, -0.2) is 9.78 Å². The van der Waals surface area contributed by atoms with Gasteiger partial charge in [0.15, 0.2) is 0 Å². The Bertz CT molecular complexity index is 1580. The molecule has 1 saturated carbocycles. The van der Waals surface area contributed by atoms with Crippen molar-refractivity contribution in [2.75, 3.05) is 11.3 Å². The number of aryl methyl sites for hydroxylation is 2. The minimum absolute atomic E-state index is 0.0203. The van der Waals surface area contributed by atoms with Crippen LogP contribution in [-0.4, -0.2) is 52.6 Å². The van der Waals surface area contributed by atoms with Gasteiger partial charge in [0.05, 0.1) is 11.6 Å². The van der Waals surface area contributed by atoms with Crippen LogP contribution in [0.1, 0.15) is 54.9 Å². The Labute approximate surface area is 236 Å². The molecule has 4 rings (SSSR count). The first kappa shape index (κ1) is 29.8. The molecule has 0 radical (unpaired) electrons. The van der Waals surface area contributed by atoms with E-state index in [1.807, 2.05) is 0 Å². The highest BCUT2D eigenvalue weighted by Gasteiger charge is 2.37. The summed E-state index contributed by atoms with van der Waals surface area (Å²) in [5, 5.41) is 22.1. The summed E-state index contributed by atoms with van der Waals surface area (Å²) in [6, 6.07) is 7.14. The van der Waals surface area contributed by atoms with Crippen LogP contribution in [0.2, 0.25) is 0 Å². The van der Waals surface area contributed by atoms with Crippen molar-refractivity contribution in [3.63, 3.8) is 0 Å². The Kier molecular flexibility index (Phi) is 9.13. The molecular weight excluding hydrogens is 554 g/mol. The van der Waals surface area contributed by atoms with E-state index in [-0.39, 0.29) is 54.0 Å². The van der Waals surface area contributed by atoms with E-state index >= 15 is 0 Å². The molecule has 0 aliphatic heterocycles. The highest BCUT2D eigenvalue weighted by Crippen LogP contribution is 2.48. The lowest BCUT2D eigenvalue weighted by Crippen LogP contribution is -2.41. The number of amides is 1. The Hall–Kier alpha value is -4.17. The number of anilines is 1. The number of carboxylic acid groups (broad SMARTS) is 1. The third-order valence-electron chi connectivity index (χ3n) is 6.84. The molecule has 0 bridgehead atoms. The van der Waals surface area contributed by atoms with Crippen molar-refractivity contribution in [2.24, 2.45) is 18.7 Å². The summed E-state index contributed by atoms with van der Waals surface area (Å²) in [5.74, 6) is -1.89. The number of hydrogen-bond donors (Lipinski definition) is 5. The van der Waals surface area contributed by atoms with Crippen LogP contribution in [0.15, 0.2) is 57.1 Å². The Balaban J connectivity index is 1.45. The van der Waals surface area contributed by atoms with Gasteiger partial charge in [-0.05, 0) is 49.3 Å². The van der Waals surface area contributed by atoms with Crippen molar-refractivity contribution < 1.29 is 32.6 Å². The number of imidazole rings is 1. The van der Waals surface area contributed by atoms with E-state index in [0.717, 1.165) is 12.8 Å². The van der Waals surface area contributed by atoms with Crippen LogP contribution in [0.25, 0.3) is 0 Å². The molecule has 1 amide bonds. The number of rotatable bonds is 14. The van der Waals surface area contributed by atoms with Gasteiger partial charge in [0, 0.05) is 56.5 Å². The van der Waals surface area contributed by atoms with Gasteiger partial charge in [0.25, 0.3) is 10.0 Å². The first-order valence-electron chi connectivity index (χ1n) is 13.2. The van der Waals surface area contributed by atoms with E-state index in [1.54, 1.807) is 31.3 Å². The standard InChI is InChI=1S/C27H33N5O8S/c1-32-13-12-30-27(32)41(38,39)31-18-5-2-4-17(14-18)23(16-7-8-16)24-21(33)15-19(40-26(24)37)6-3-11-29-25(36)20(28)9-10-22(34)35/h2,4-5,12-16,20,23,31,33H,3,6-11,28H2,1H3,(H,29,36)(H,34,35)/t20-,23?/m0/s1. The highest BCUT2D eigenvalue weighted by atomic mass is 32.2. The van der Waals surface area contributed by atoms with E-state index < -0.39 is 39.5 Å². The second-order valence-corrected chi connectivity index (χ2v) is 11.7. The SMILES string of the molecule is Cn1ccnc1S(=O)(=O)Nc1cccc(C(c2c(O)cc(CCCNC(=O)[C@@H](N)CCC(=O)O)oc2=O)C2CC2)c1. The molecule has 6 N–H and O–H groups in total. The first-order chi connectivity index (χ1) is 19.5. The molecule has 3 aromatic rings. The van der Waals surface area contributed by atoms with Crippen LogP contribution in [0.5, 0.6) is 5.75 Å². The number of carboxylic acids is 1. The lowest BCUT2D eigenvalue weighted by molar-refractivity contribution is -0.137. The van der Waals surface area contributed by atoms with Crippen molar-refractivity contribution >= 4 is 27.6 Å². The van der Waals surface area contributed by atoms with Gasteiger partial charge in [-0.3, -0.25) is 14.3 Å². The van der Waals surface area contributed by atoms with Crippen molar-refractivity contribution in [1.82, 2.24) is 14.9 Å². The van der Waals surface area contributed by atoms with Crippen molar-refractivity contribution in [2.45, 2.75) is 55.6 Å². The molecule has 13 nitrogen and oxygen atoms in total. The molecule has 0 saturated heterocycles. The van der Waals surface area contributed by atoms with Gasteiger partial charge < -0.3 is 30.2 Å². The van der Waals surface area contributed by atoms with E-state index in [4.69, 9.17) is 15.3 Å². The zero-order chi connectivity index (χ0) is 29.7. The number of sulfonamides is 1. The Morgan fingerprint density at radius 1 is 1.27 bits per heavy atom. The number of aliphatic carboxylic acids is 1. The maximum atomic E-state index is 13.1. The molecule has 1 fully saturated rings. The smallest absolute Gasteiger partial charge is 0.343 e. The van der Waals surface area contributed by atoms with Crippen LogP contribution in [0.3, 0.4) is 0 Å². The summed E-state index contributed by atoms with van der Waals surface area (Å²) in [5.41, 5.74) is 6.06. The number of nitrogens with one attached hydrogen (secondary N) is 2. The van der Waals surface area contributed by atoms with Crippen LogP contribution in [0, 0.1) is 5.92 Å². The van der Waals surface area contributed by atoms with Crippen molar-refractivity contribution in [1.29, 1.82) is 0 Å². The lowest BCUT2D eigenvalue weighted by Gasteiger charge is -2.19. The fourth-order valence-corrected chi connectivity index (χ4v) is 5.84. The summed E-state index contributed by atoms with van der Waals surface area (Å²) < 4.78 is 35.0. The molecular formula is C27H33N5O8S. The topological polar surface area (TPSA) is 207 Å². The quantitative estimate of drug-likeness (QED) is 0.172. The zero-order valence-corrected chi connectivity index (χ0v) is 23.3. The molecule has 0 spiro atoms.